The number of nitrogens with one attached hydrogen (secondary N) is 1. The molecule has 2 rings (SSSR count). The summed E-state index contributed by atoms with van der Waals surface area (Å²) in [7, 11) is 0. The van der Waals surface area contributed by atoms with E-state index >= 15 is 0 Å². The zero-order valence-electron chi connectivity index (χ0n) is 9.01. The monoisotopic (exact) mass is 325 g/mol. The van der Waals surface area contributed by atoms with E-state index in [-0.39, 0.29) is 11.5 Å². The minimum Gasteiger partial charge on any atom is -0.478 e. The lowest BCUT2D eigenvalue weighted by molar-refractivity contribution is 0.0695. The number of carboxylic acids is 1. The molecule has 6 heteroatoms. The van der Waals surface area contributed by atoms with Crippen LogP contribution in [-0.2, 0) is 0 Å². The fourth-order valence-electron chi connectivity index (χ4n) is 1.37. The fourth-order valence-corrected chi connectivity index (χ4v) is 2.40. The molecule has 0 aliphatic rings. The summed E-state index contributed by atoms with van der Waals surface area (Å²) in [5.41, 5.74) is 0.563. The van der Waals surface area contributed by atoms with Gasteiger partial charge in [-0.15, -0.1) is 11.3 Å². The van der Waals surface area contributed by atoms with Gasteiger partial charge in [0.1, 0.15) is 0 Å². The van der Waals surface area contributed by atoms with E-state index in [9.17, 15) is 9.59 Å². The predicted molar refractivity (Wildman–Crippen MR) is 73.4 cm³/mol. The molecule has 1 heterocycles. The number of aromatic carboxylic acids is 1. The molecule has 0 aliphatic heterocycles. The van der Waals surface area contributed by atoms with Crippen molar-refractivity contribution < 1.29 is 14.7 Å². The Kier molecular flexibility index (Phi) is 3.78. The Morgan fingerprint density at radius 2 is 2.06 bits per heavy atom. The Hall–Kier alpha value is -1.66. The van der Waals surface area contributed by atoms with Gasteiger partial charge in [-0.05, 0) is 45.6 Å². The number of amides is 1. The number of hydrogen-bond donors (Lipinski definition) is 2. The van der Waals surface area contributed by atoms with Crippen LogP contribution in [0, 0.1) is 0 Å². The van der Waals surface area contributed by atoms with Gasteiger partial charge in [0.05, 0.1) is 10.4 Å². The first-order valence-corrected chi connectivity index (χ1v) is 6.63. The molecule has 0 saturated heterocycles. The van der Waals surface area contributed by atoms with E-state index in [4.69, 9.17) is 5.11 Å². The highest BCUT2D eigenvalue weighted by Gasteiger charge is 2.11. The molecule has 2 aromatic rings. The molecule has 0 bridgehead atoms. The van der Waals surface area contributed by atoms with Crippen molar-refractivity contribution in [2.45, 2.75) is 0 Å². The highest BCUT2D eigenvalue weighted by molar-refractivity contribution is 9.10. The summed E-state index contributed by atoms with van der Waals surface area (Å²) < 4.78 is 0.476. The number of carboxylic acid groups (broad SMARTS) is 1. The molecule has 1 amide bonds. The lowest BCUT2D eigenvalue weighted by Gasteiger charge is -2.06. The number of hydrogen-bond acceptors (Lipinski definition) is 3. The Morgan fingerprint density at radius 1 is 1.28 bits per heavy atom. The Morgan fingerprint density at radius 3 is 2.67 bits per heavy atom. The van der Waals surface area contributed by atoms with Gasteiger partial charge in [-0.2, -0.15) is 0 Å². The van der Waals surface area contributed by atoms with Gasteiger partial charge in [-0.3, -0.25) is 4.79 Å². The number of benzene rings is 1. The number of anilines is 1. The van der Waals surface area contributed by atoms with Gasteiger partial charge in [0.15, 0.2) is 0 Å². The van der Waals surface area contributed by atoms with Crippen LogP contribution in [0.4, 0.5) is 5.69 Å². The van der Waals surface area contributed by atoms with Crippen LogP contribution in [0.1, 0.15) is 20.0 Å². The molecule has 4 nitrogen and oxygen atoms in total. The lowest BCUT2D eigenvalue weighted by atomic mass is 10.2. The van der Waals surface area contributed by atoms with E-state index < -0.39 is 5.97 Å². The normalized spacial score (nSPS) is 10.1. The Balaban J connectivity index is 2.22. The second-order valence-electron chi connectivity index (χ2n) is 3.43. The van der Waals surface area contributed by atoms with Crippen molar-refractivity contribution >= 4 is 44.8 Å². The Bertz CT molecular complexity index is 595. The molecule has 1 aromatic heterocycles. The standard InChI is InChI=1S/C12H8BrNO3S/c13-9-4-3-7(6-8(9)12(16)17)14-11(15)10-2-1-5-18-10/h1-6H,(H,14,15)(H,16,17). The van der Waals surface area contributed by atoms with Crippen molar-refractivity contribution in [3.63, 3.8) is 0 Å². The van der Waals surface area contributed by atoms with Gasteiger partial charge in [0.2, 0.25) is 0 Å². The molecule has 0 spiro atoms. The van der Waals surface area contributed by atoms with Crippen LogP contribution in [-0.4, -0.2) is 17.0 Å². The van der Waals surface area contributed by atoms with Gasteiger partial charge >= 0.3 is 5.97 Å². The zero-order valence-corrected chi connectivity index (χ0v) is 11.4. The fraction of sp³-hybridized carbons (Fsp3) is 0. The van der Waals surface area contributed by atoms with Crippen molar-refractivity contribution in [2.75, 3.05) is 5.32 Å². The van der Waals surface area contributed by atoms with E-state index in [2.05, 4.69) is 21.2 Å². The molecular weight excluding hydrogens is 318 g/mol. The van der Waals surface area contributed by atoms with E-state index in [1.165, 1.54) is 17.4 Å². The van der Waals surface area contributed by atoms with Crippen LogP contribution < -0.4 is 5.32 Å². The van der Waals surface area contributed by atoms with Gasteiger partial charge < -0.3 is 10.4 Å². The first-order valence-electron chi connectivity index (χ1n) is 4.95. The van der Waals surface area contributed by atoms with Crippen molar-refractivity contribution in [2.24, 2.45) is 0 Å². The molecular formula is C12H8BrNO3S. The van der Waals surface area contributed by atoms with Gasteiger partial charge in [0.25, 0.3) is 5.91 Å². The second kappa shape index (κ2) is 5.32. The minimum atomic E-state index is -1.05. The largest absolute Gasteiger partial charge is 0.478 e. The SMILES string of the molecule is O=C(Nc1ccc(Br)c(C(=O)O)c1)c1cccs1. The molecule has 0 radical (unpaired) electrons. The summed E-state index contributed by atoms with van der Waals surface area (Å²) >= 11 is 4.47. The quantitative estimate of drug-likeness (QED) is 0.908. The number of carbonyl (C=O) groups is 2. The average molecular weight is 326 g/mol. The predicted octanol–water partition coefficient (Wildman–Crippen LogP) is 3.46. The van der Waals surface area contributed by atoms with Crippen LogP contribution >= 0.6 is 27.3 Å². The van der Waals surface area contributed by atoms with Crippen LogP contribution in [0.2, 0.25) is 0 Å². The lowest BCUT2D eigenvalue weighted by Crippen LogP contribution is -2.11. The van der Waals surface area contributed by atoms with Gasteiger partial charge in [-0.25, -0.2) is 4.79 Å². The van der Waals surface area contributed by atoms with Crippen molar-refractivity contribution in [3.8, 4) is 0 Å². The third kappa shape index (κ3) is 2.77. The molecule has 92 valence electrons. The number of halogens is 1. The average Bonchev–Trinajstić information content (AvgIpc) is 2.85. The summed E-state index contributed by atoms with van der Waals surface area (Å²) in [4.78, 5) is 23.3. The summed E-state index contributed by atoms with van der Waals surface area (Å²) in [5.74, 6) is -1.29. The van der Waals surface area contributed by atoms with E-state index in [0.29, 0.717) is 15.0 Å². The third-order valence-electron chi connectivity index (χ3n) is 2.20. The minimum absolute atomic E-state index is 0.110. The maximum absolute atomic E-state index is 11.8. The highest BCUT2D eigenvalue weighted by atomic mass is 79.9. The smallest absolute Gasteiger partial charge is 0.336 e. The van der Waals surface area contributed by atoms with Crippen LogP contribution in [0.15, 0.2) is 40.2 Å². The van der Waals surface area contributed by atoms with Crippen molar-refractivity contribution in [3.05, 3.63) is 50.6 Å². The zero-order chi connectivity index (χ0) is 13.1. The molecule has 0 saturated carbocycles. The molecule has 0 atom stereocenters. The van der Waals surface area contributed by atoms with Crippen LogP contribution in [0.5, 0.6) is 0 Å². The van der Waals surface area contributed by atoms with Gasteiger partial charge in [-0.1, -0.05) is 6.07 Å². The molecule has 1 aromatic carbocycles. The Labute approximate surface area is 115 Å². The topological polar surface area (TPSA) is 66.4 Å². The second-order valence-corrected chi connectivity index (χ2v) is 5.23. The maximum atomic E-state index is 11.8. The van der Waals surface area contributed by atoms with Gasteiger partial charge in [0, 0.05) is 10.2 Å². The van der Waals surface area contributed by atoms with E-state index in [1.807, 2.05) is 0 Å². The first kappa shape index (κ1) is 12.8. The summed E-state index contributed by atoms with van der Waals surface area (Å²) in [6.45, 7) is 0. The molecule has 0 fully saturated rings. The summed E-state index contributed by atoms with van der Waals surface area (Å²) in [6, 6.07) is 8.13. The molecule has 2 N–H and O–H groups in total. The number of thiophene rings is 1. The number of rotatable bonds is 3. The van der Waals surface area contributed by atoms with Crippen molar-refractivity contribution in [1.82, 2.24) is 0 Å². The molecule has 0 aliphatic carbocycles. The van der Waals surface area contributed by atoms with E-state index in [0.717, 1.165) is 0 Å². The first-order chi connectivity index (χ1) is 8.58. The summed E-state index contributed by atoms with van der Waals surface area (Å²) in [5, 5.41) is 13.4. The van der Waals surface area contributed by atoms with E-state index in [1.54, 1.807) is 29.6 Å². The summed E-state index contributed by atoms with van der Waals surface area (Å²) in [6.07, 6.45) is 0. The molecule has 18 heavy (non-hydrogen) atoms. The van der Waals surface area contributed by atoms with Crippen molar-refractivity contribution in [1.29, 1.82) is 0 Å². The molecule has 0 unspecified atom stereocenters. The highest BCUT2D eigenvalue weighted by Crippen LogP contribution is 2.22. The number of carbonyl (C=O) groups excluding carboxylic acids is 1. The van der Waals surface area contributed by atoms with Crippen LogP contribution in [0.25, 0.3) is 0 Å². The third-order valence-corrected chi connectivity index (χ3v) is 3.76. The maximum Gasteiger partial charge on any atom is 0.336 e. The van der Waals surface area contributed by atoms with Crippen LogP contribution in [0.3, 0.4) is 0 Å².